The van der Waals surface area contributed by atoms with Crippen molar-refractivity contribution in [2.45, 2.75) is 76.4 Å². The van der Waals surface area contributed by atoms with E-state index in [4.69, 9.17) is 4.74 Å². The number of benzene rings is 3. The summed E-state index contributed by atoms with van der Waals surface area (Å²) in [5, 5.41) is 10.6. The van der Waals surface area contributed by atoms with E-state index in [2.05, 4.69) is 47.4 Å². The molecule has 2 amide bonds. The molecule has 3 aliphatic rings. The van der Waals surface area contributed by atoms with Gasteiger partial charge in [-0.2, -0.15) is 0 Å². The fraction of sp³-hybridized carbons (Fsp3) is 0.487. The van der Waals surface area contributed by atoms with Crippen molar-refractivity contribution < 1.29 is 19.4 Å². The van der Waals surface area contributed by atoms with Gasteiger partial charge in [0.25, 0.3) is 5.91 Å². The average Bonchev–Trinajstić information content (AvgIpc) is 3.09. The Labute approximate surface area is 274 Å². The van der Waals surface area contributed by atoms with E-state index in [1.807, 2.05) is 46.2 Å². The highest BCUT2D eigenvalue weighted by molar-refractivity contribution is 5.97. The lowest BCUT2D eigenvalue weighted by Crippen LogP contribution is -2.50. The highest BCUT2D eigenvalue weighted by Gasteiger charge is 2.33. The zero-order valence-electron chi connectivity index (χ0n) is 27.1. The van der Waals surface area contributed by atoms with Crippen molar-refractivity contribution in [2.75, 3.05) is 44.2 Å². The van der Waals surface area contributed by atoms with Gasteiger partial charge in [-0.05, 0) is 118 Å². The van der Waals surface area contributed by atoms with E-state index in [1.54, 1.807) is 0 Å². The van der Waals surface area contributed by atoms with E-state index in [0.717, 1.165) is 81.9 Å². The number of unbranched alkanes of at least 4 members (excludes halogenated alkanes) is 1. The van der Waals surface area contributed by atoms with Crippen LogP contribution in [-0.2, 0) is 17.6 Å². The normalized spacial score (nSPS) is 18.8. The molecule has 2 saturated heterocycles. The second-order valence-electron chi connectivity index (χ2n) is 13.4. The fourth-order valence-electron chi connectivity index (χ4n) is 7.44. The Hall–Kier alpha value is -3.68. The number of rotatable bonds is 12. The summed E-state index contributed by atoms with van der Waals surface area (Å²) in [6.45, 7) is 4.79. The van der Waals surface area contributed by atoms with Crippen LogP contribution in [0, 0.1) is 5.92 Å². The summed E-state index contributed by atoms with van der Waals surface area (Å²) in [4.78, 5) is 32.4. The third-order valence-corrected chi connectivity index (χ3v) is 10.1. The number of anilines is 1. The first kappa shape index (κ1) is 32.3. The summed E-state index contributed by atoms with van der Waals surface area (Å²) < 4.78 is 5.94. The number of fused-ring (bicyclic) bond motifs is 1. The smallest absolute Gasteiger partial charge is 0.253 e. The zero-order valence-corrected chi connectivity index (χ0v) is 27.1. The highest BCUT2D eigenvalue weighted by Crippen LogP contribution is 2.32. The molecule has 0 bridgehead atoms. The molecule has 3 aromatic carbocycles. The summed E-state index contributed by atoms with van der Waals surface area (Å²) in [5.41, 5.74) is 4.37. The Morgan fingerprint density at radius 2 is 1.54 bits per heavy atom. The number of β-amino-alcohol motifs (C(OH)–C–C–N with tert-alkyl or cyclic N) is 1. The van der Waals surface area contributed by atoms with Crippen LogP contribution in [0.4, 0.5) is 5.69 Å². The summed E-state index contributed by atoms with van der Waals surface area (Å²) in [5.74, 6) is 1.73. The minimum Gasteiger partial charge on any atom is -0.494 e. The maximum Gasteiger partial charge on any atom is 0.253 e. The van der Waals surface area contributed by atoms with Crippen molar-refractivity contribution in [1.29, 1.82) is 0 Å². The predicted octanol–water partition coefficient (Wildman–Crippen LogP) is 6.14. The molecule has 6 rings (SSSR count). The number of carbonyl (C=O) groups excluding carboxylic acids is 2. The van der Waals surface area contributed by atoms with Gasteiger partial charge in [0.15, 0.2) is 0 Å². The Morgan fingerprint density at radius 3 is 2.30 bits per heavy atom. The number of ether oxygens (including phenoxy) is 1. The largest absolute Gasteiger partial charge is 0.494 e. The number of carbonyl (C=O) groups is 2. The molecule has 3 heterocycles. The van der Waals surface area contributed by atoms with Gasteiger partial charge in [0, 0.05) is 43.3 Å². The number of aliphatic hydroxyl groups is 1. The van der Waals surface area contributed by atoms with Gasteiger partial charge in [-0.25, -0.2) is 0 Å². The van der Waals surface area contributed by atoms with E-state index in [1.165, 1.54) is 24.0 Å². The molecule has 0 saturated carbocycles. The monoisotopic (exact) mass is 623 g/mol. The Bertz CT molecular complexity index is 1410. The molecule has 1 unspecified atom stereocenters. The van der Waals surface area contributed by atoms with E-state index in [-0.39, 0.29) is 24.0 Å². The molecular weight excluding hydrogens is 574 g/mol. The summed E-state index contributed by atoms with van der Waals surface area (Å²) >= 11 is 0. The van der Waals surface area contributed by atoms with Gasteiger partial charge in [0.05, 0.1) is 12.7 Å². The van der Waals surface area contributed by atoms with Crippen LogP contribution in [0.5, 0.6) is 5.75 Å². The number of amides is 2. The van der Waals surface area contributed by atoms with Crippen LogP contribution in [0.25, 0.3) is 0 Å². The molecule has 7 heteroatoms. The molecule has 2 fully saturated rings. The van der Waals surface area contributed by atoms with Crippen molar-refractivity contribution in [3.63, 3.8) is 0 Å². The van der Waals surface area contributed by atoms with E-state index < -0.39 is 0 Å². The van der Waals surface area contributed by atoms with Crippen molar-refractivity contribution >= 4 is 17.5 Å². The van der Waals surface area contributed by atoms with E-state index in [9.17, 15) is 14.7 Å². The van der Waals surface area contributed by atoms with Gasteiger partial charge < -0.3 is 24.5 Å². The van der Waals surface area contributed by atoms with Crippen LogP contribution in [0.3, 0.4) is 0 Å². The second-order valence-corrected chi connectivity index (χ2v) is 13.4. The molecule has 244 valence electrons. The summed E-state index contributed by atoms with van der Waals surface area (Å²) in [6.07, 6.45) is 8.81. The summed E-state index contributed by atoms with van der Waals surface area (Å²) in [6, 6.07) is 26.6. The first-order valence-corrected chi connectivity index (χ1v) is 17.4. The maximum atomic E-state index is 13.2. The number of piperidine rings is 2. The predicted molar refractivity (Wildman–Crippen MR) is 182 cm³/mol. The molecule has 0 radical (unpaired) electrons. The van der Waals surface area contributed by atoms with Gasteiger partial charge in [-0.1, -0.05) is 48.5 Å². The van der Waals surface area contributed by atoms with Gasteiger partial charge in [-0.3, -0.25) is 9.59 Å². The minimum atomic E-state index is -0.294. The number of likely N-dealkylation sites (tertiary alicyclic amines) is 2. The molecule has 3 aliphatic heterocycles. The number of hydrogen-bond acceptors (Lipinski definition) is 5. The van der Waals surface area contributed by atoms with Gasteiger partial charge >= 0.3 is 0 Å². The Balaban J connectivity index is 0.857. The van der Waals surface area contributed by atoms with Crippen LogP contribution in [-0.4, -0.2) is 78.2 Å². The summed E-state index contributed by atoms with van der Waals surface area (Å²) in [7, 11) is 0. The number of aliphatic hydroxyl groups excluding tert-OH is 1. The third kappa shape index (κ3) is 8.37. The van der Waals surface area contributed by atoms with Gasteiger partial charge in [0.1, 0.15) is 5.75 Å². The minimum absolute atomic E-state index is 0.0322. The van der Waals surface area contributed by atoms with Crippen LogP contribution in [0.1, 0.15) is 72.9 Å². The molecule has 0 aromatic heterocycles. The first-order chi connectivity index (χ1) is 22.5. The van der Waals surface area contributed by atoms with Crippen molar-refractivity contribution in [3.8, 4) is 5.75 Å². The van der Waals surface area contributed by atoms with Crippen molar-refractivity contribution in [3.05, 3.63) is 95.6 Å². The highest BCUT2D eigenvalue weighted by atomic mass is 16.5. The molecule has 46 heavy (non-hydrogen) atoms. The first-order valence-electron chi connectivity index (χ1n) is 17.4. The average molecular weight is 624 g/mol. The quantitative estimate of drug-likeness (QED) is 0.246. The van der Waals surface area contributed by atoms with E-state index >= 15 is 0 Å². The molecule has 7 nitrogen and oxygen atoms in total. The van der Waals surface area contributed by atoms with Crippen molar-refractivity contribution in [1.82, 2.24) is 9.80 Å². The number of hydrogen-bond donors (Lipinski definition) is 1. The topological polar surface area (TPSA) is 73.3 Å². The molecule has 1 atom stereocenters. The lowest BCUT2D eigenvalue weighted by atomic mass is 9.90. The van der Waals surface area contributed by atoms with Crippen LogP contribution < -0.4 is 9.64 Å². The molecule has 0 spiro atoms. The zero-order chi connectivity index (χ0) is 31.7. The molecule has 1 N–H and O–H groups in total. The third-order valence-electron chi connectivity index (χ3n) is 10.1. The number of nitrogens with zero attached hydrogens (tertiary/aromatic N) is 3. The van der Waals surface area contributed by atoms with Gasteiger partial charge in [0.2, 0.25) is 5.91 Å². The second kappa shape index (κ2) is 15.7. The molecule has 3 aromatic rings. The Kier molecular flexibility index (Phi) is 11.0. The van der Waals surface area contributed by atoms with Crippen LogP contribution >= 0.6 is 0 Å². The molecule has 0 aliphatic carbocycles. The number of aryl methyl sites for hydroxylation is 1. The van der Waals surface area contributed by atoms with Gasteiger partial charge in [-0.15, -0.1) is 0 Å². The maximum absolute atomic E-state index is 13.2. The lowest BCUT2D eigenvalue weighted by molar-refractivity contribution is -0.119. The van der Waals surface area contributed by atoms with Crippen molar-refractivity contribution in [2.24, 2.45) is 5.92 Å². The van der Waals surface area contributed by atoms with Crippen LogP contribution in [0.15, 0.2) is 78.9 Å². The molecular formula is C39H49N3O4. The Morgan fingerprint density at radius 1 is 0.826 bits per heavy atom. The standard InChI is InChI=1S/C39H49N3O4/c43-35(29-40-23-19-31(20-24-40)28-30-8-2-1-3-9-30)11-6-7-27-46-36-16-13-33(14-17-36)39(45)41-25-21-34(22-26-41)42-37-12-5-4-10-32(37)15-18-38(42)44/h1-5,8-10,12-14,16-17,31,34-35,43H,6-7,11,15,18-29H2. The number of para-hydroxylation sites is 1. The SMILES string of the molecule is O=C(c1ccc(OCCCCC(O)CN2CCC(Cc3ccccc3)CC2)cc1)N1CCC(N2C(=O)CCc3ccccc32)CC1. The van der Waals surface area contributed by atoms with E-state index in [0.29, 0.717) is 31.7 Å². The van der Waals surface area contributed by atoms with Crippen LogP contribution in [0.2, 0.25) is 0 Å². The lowest BCUT2D eigenvalue weighted by Gasteiger charge is -2.41. The fourth-order valence-corrected chi connectivity index (χ4v) is 7.44.